The Morgan fingerprint density at radius 2 is 1.81 bits per heavy atom. The number of rotatable bonds is 3. The van der Waals surface area contributed by atoms with Crippen molar-refractivity contribution in [2.24, 2.45) is 15.2 Å². The highest BCUT2D eigenvalue weighted by Gasteiger charge is 2.39. The molecule has 2 heterocycles. The Kier molecular flexibility index (Phi) is 3.76. The van der Waals surface area contributed by atoms with Crippen molar-refractivity contribution < 1.29 is 0 Å². The Bertz CT molecular complexity index is 953. The van der Waals surface area contributed by atoms with Gasteiger partial charge in [-0.1, -0.05) is 63.2 Å². The van der Waals surface area contributed by atoms with Gasteiger partial charge in [-0.15, -0.1) is 10.2 Å². The van der Waals surface area contributed by atoms with Gasteiger partial charge in [-0.2, -0.15) is 15.4 Å². The minimum absolute atomic E-state index is 0.0499. The Morgan fingerprint density at radius 1 is 1.00 bits per heavy atom. The van der Waals surface area contributed by atoms with Crippen molar-refractivity contribution in [3.63, 3.8) is 0 Å². The molecule has 130 valence electrons. The molecule has 0 spiro atoms. The predicted molar refractivity (Wildman–Crippen MR) is 101 cm³/mol. The van der Waals surface area contributed by atoms with Crippen LogP contribution in [0.25, 0.3) is 11.1 Å². The maximum Gasteiger partial charge on any atom is 0.243 e. The first-order valence-corrected chi connectivity index (χ1v) is 8.53. The molecule has 6 nitrogen and oxygen atoms in total. The van der Waals surface area contributed by atoms with Crippen LogP contribution in [-0.4, -0.2) is 21.7 Å². The normalized spacial score (nSPS) is 19.2. The van der Waals surface area contributed by atoms with E-state index in [1.807, 2.05) is 12.1 Å². The molecule has 1 aliphatic heterocycles. The average Bonchev–Trinajstić information content (AvgIpc) is 3.33. The molecule has 1 aliphatic rings. The van der Waals surface area contributed by atoms with Crippen LogP contribution >= 0.6 is 0 Å². The fraction of sp³-hybridized carbons (Fsp3) is 0.250. The molecule has 0 bridgehead atoms. The summed E-state index contributed by atoms with van der Waals surface area (Å²) in [6.07, 6.45) is 3.11. The van der Waals surface area contributed by atoms with Gasteiger partial charge in [0.25, 0.3) is 0 Å². The van der Waals surface area contributed by atoms with Crippen molar-refractivity contribution in [2.45, 2.75) is 31.8 Å². The van der Waals surface area contributed by atoms with E-state index < -0.39 is 5.66 Å². The Hall–Kier alpha value is -3.15. The van der Waals surface area contributed by atoms with E-state index in [0.717, 1.165) is 5.56 Å². The van der Waals surface area contributed by atoms with Crippen LogP contribution in [0.15, 0.2) is 69.9 Å². The number of nitrogens with one attached hydrogen (secondary N) is 1. The first-order chi connectivity index (χ1) is 12.5. The lowest BCUT2D eigenvalue weighted by atomic mass is 9.79. The zero-order valence-corrected chi connectivity index (χ0v) is 15.0. The van der Waals surface area contributed by atoms with Crippen molar-refractivity contribution in [3.8, 4) is 11.1 Å². The number of hydrogen-bond donors (Lipinski definition) is 1. The van der Waals surface area contributed by atoms with Crippen molar-refractivity contribution in [1.82, 2.24) is 15.4 Å². The fourth-order valence-corrected chi connectivity index (χ4v) is 3.26. The summed E-state index contributed by atoms with van der Waals surface area (Å²) in [5.74, 6) is 0. The van der Waals surface area contributed by atoms with E-state index in [9.17, 15) is 0 Å². The molecule has 0 aliphatic carbocycles. The standard InChI is InChI=1S/C20H20N6/c1-19(2,3)17-11-15(9-10-16(17)14-7-5-4-6-8-14)20(21-13-23-25-20)18-12-22-26-24-18/h4-13H,1-3H3,(H,22,24,26). The molecule has 1 N–H and O–H groups in total. The molecule has 4 rings (SSSR count). The number of H-pyrrole nitrogens is 1. The number of hydrogen-bond acceptors (Lipinski definition) is 5. The third-order valence-corrected chi connectivity index (χ3v) is 4.59. The van der Waals surface area contributed by atoms with E-state index in [1.165, 1.54) is 23.0 Å². The van der Waals surface area contributed by atoms with E-state index in [4.69, 9.17) is 0 Å². The zero-order valence-electron chi connectivity index (χ0n) is 15.0. The van der Waals surface area contributed by atoms with Crippen LogP contribution in [0.1, 0.15) is 37.6 Å². The molecule has 3 aromatic rings. The van der Waals surface area contributed by atoms with Gasteiger partial charge < -0.3 is 0 Å². The predicted octanol–water partition coefficient (Wildman–Crippen LogP) is 4.46. The van der Waals surface area contributed by atoms with Crippen LogP contribution < -0.4 is 0 Å². The van der Waals surface area contributed by atoms with Crippen LogP contribution in [0, 0.1) is 0 Å². The van der Waals surface area contributed by atoms with E-state index >= 15 is 0 Å². The van der Waals surface area contributed by atoms with Gasteiger partial charge in [-0.25, -0.2) is 4.99 Å². The Labute approximate surface area is 152 Å². The summed E-state index contributed by atoms with van der Waals surface area (Å²) in [5, 5.41) is 19.2. The van der Waals surface area contributed by atoms with E-state index in [2.05, 4.69) is 87.8 Å². The lowest BCUT2D eigenvalue weighted by Gasteiger charge is -2.27. The Balaban J connectivity index is 1.92. The van der Waals surface area contributed by atoms with Crippen molar-refractivity contribution in [1.29, 1.82) is 0 Å². The summed E-state index contributed by atoms with van der Waals surface area (Å²) < 4.78 is 0. The maximum absolute atomic E-state index is 4.52. The number of aromatic nitrogens is 3. The quantitative estimate of drug-likeness (QED) is 0.761. The molecule has 2 aromatic carbocycles. The lowest BCUT2D eigenvalue weighted by Crippen LogP contribution is -2.23. The first kappa shape index (κ1) is 16.3. The maximum atomic E-state index is 4.52. The molecule has 0 saturated heterocycles. The number of azo groups is 1. The van der Waals surface area contributed by atoms with Crippen LogP contribution in [-0.2, 0) is 11.1 Å². The van der Waals surface area contributed by atoms with Gasteiger partial charge in [0, 0.05) is 5.56 Å². The van der Waals surface area contributed by atoms with Gasteiger partial charge in [-0.3, -0.25) is 0 Å². The highest BCUT2D eigenvalue weighted by Crippen LogP contribution is 2.41. The third-order valence-electron chi connectivity index (χ3n) is 4.59. The topological polar surface area (TPSA) is 78.6 Å². The molecule has 1 atom stereocenters. The second-order valence-corrected chi connectivity index (χ2v) is 7.36. The molecular weight excluding hydrogens is 324 g/mol. The molecule has 0 amide bonds. The molecular formula is C20H20N6. The second kappa shape index (κ2) is 5.98. The van der Waals surface area contributed by atoms with E-state index in [-0.39, 0.29) is 5.41 Å². The SMILES string of the molecule is CC(C)(C)c1cc(C2(c3cn[nH]n3)N=CN=N2)ccc1-c1ccccc1. The molecule has 0 radical (unpaired) electrons. The summed E-state index contributed by atoms with van der Waals surface area (Å²) >= 11 is 0. The number of nitrogens with zero attached hydrogens (tertiary/aromatic N) is 5. The number of aromatic amines is 1. The molecule has 1 aromatic heterocycles. The average molecular weight is 344 g/mol. The highest BCUT2D eigenvalue weighted by atomic mass is 15.4. The van der Waals surface area contributed by atoms with Gasteiger partial charge in [-0.05, 0) is 28.2 Å². The summed E-state index contributed by atoms with van der Waals surface area (Å²) in [7, 11) is 0. The largest absolute Gasteiger partial charge is 0.243 e. The third kappa shape index (κ3) is 2.63. The number of aliphatic imine (C=N–C) groups is 1. The van der Waals surface area contributed by atoms with E-state index in [0.29, 0.717) is 5.69 Å². The summed E-state index contributed by atoms with van der Waals surface area (Å²) in [6, 6.07) is 16.8. The van der Waals surface area contributed by atoms with Gasteiger partial charge in [0.15, 0.2) is 0 Å². The van der Waals surface area contributed by atoms with Crippen molar-refractivity contribution in [2.75, 3.05) is 0 Å². The second-order valence-electron chi connectivity index (χ2n) is 7.36. The van der Waals surface area contributed by atoms with Crippen molar-refractivity contribution >= 4 is 6.34 Å². The molecule has 1 unspecified atom stereocenters. The molecule has 0 saturated carbocycles. The van der Waals surface area contributed by atoms with Crippen LogP contribution in [0.3, 0.4) is 0 Å². The van der Waals surface area contributed by atoms with E-state index in [1.54, 1.807) is 6.20 Å². The van der Waals surface area contributed by atoms with Gasteiger partial charge in [0.05, 0.1) is 6.20 Å². The summed E-state index contributed by atoms with van der Waals surface area (Å²) in [6.45, 7) is 6.63. The fourth-order valence-electron chi connectivity index (χ4n) is 3.26. The molecule has 0 fully saturated rings. The number of benzene rings is 2. The van der Waals surface area contributed by atoms with Gasteiger partial charge in [0.1, 0.15) is 12.0 Å². The smallest absolute Gasteiger partial charge is 0.229 e. The van der Waals surface area contributed by atoms with Crippen molar-refractivity contribution in [3.05, 3.63) is 71.5 Å². The monoisotopic (exact) mass is 344 g/mol. The summed E-state index contributed by atoms with van der Waals surface area (Å²) in [4.78, 5) is 4.52. The minimum atomic E-state index is -0.970. The van der Waals surface area contributed by atoms with Crippen LogP contribution in [0.5, 0.6) is 0 Å². The van der Waals surface area contributed by atoms with Gasteiger partial charge >= 0.3 is 0 Å². The Morgan fingerprint density at radius 3 is 2.42 bits per heavy atom. The molecule has 6 heteroatoms. The van der Waals surface area contributed by atoms with Crippen LogP contribution in [0.2, 0.25) is 0 Å². The lowest BCUT2D eigenvalue weighted by molar-refractivity contribution is 0.543. The molecule has 26 heavy (non-hydrogen) atoms. The minimum Gasteiger partial charge on any atom is -0.229 e. The van der Waals surface area contributed by atoms with Gasteiger partial charge in [0.2, 0.25) is 5.66 Å². The van der Waals surface area contributed by atoms with Crippen LogP contribution in [0.4, 0.5) is 0 Å². The highest BCUT2D eigenvalue weighted by molar-refractivity contribution is 5.70. The summed E-state index contributed by atoms with van der Waals surface area (Å²) in [5.41, 5.74) is 4.15. The first-order valence-electron chi connectivity index (χ1n) is 8.53. The zero-order chi connectivity index (χ0) is 18.2.